The first-order valence-electron chi connectivity index (χ1n) is 11.2. The number of piperidine rings is 1. The average Bonchev–Trinajstić information content (AvgIpc) is 3.15. The number of hydrogen-bond donors (Lipinski definition) is 1. The molecule has 2 aliphatic heterocycles. The van der Waals surface area contributed by atoms with E-state index in [1.54, 1.807) is 24.3 Å². The number of amidine groups is 1. The Morgan fingerprint density at radius 1 is 1.23 bits per heavy atom. The number of likely N-dealkylation sites (tertiary alicyclic amines) is 1. The number of nitrogens with zero attached hydrogens (tertiary/aromatic N) is 3. The minimum absolute atomic E-state index is 0.0341. The van der Waals surface area contributed by atoms with Gasteiger partial charge in [-0.3, -0.25) is 14.4 Å². The number of carbonyl (C=O) groups excluding carboxylic acids is 3. The maximum absolute atomic E-state index is 12.8. The summed E-state index contributed by atoms with van der Waals surface area (Å²) < 4.78 is 0. The molecule has 1 fully saturated rings. The summed E-state index contributed by atoms with van der Waals surface area (Å²) >= 11 is 1.39. The van der Waals surface area contributed by atoms with Crippen LogP contribution >= 0.6 is 11.8 Å². The molecule has 0 aromatic heterocycles. The Hall–Kier alpha value is -2.35. The van der Waals surface area contributed by atoms with Gasteiger partial charge in [-0.15, -0.1) is 0 Å². The third-order valence-electron chi connectivity index (χ3n) is 5.57. The van der Waals surface area contributed by atoms with Crippen LogP contribution in [0.2, 0.25) is 0 Å². The second-order valence-electron chi connectivity index (χ2n) is 7.96. The number of anilines is 1. The molecule has 1 unspecified atom stereocenters. The summed E-state index contributed by atoms with van der Waals surface area (Å²) in [6, 6.07) is 7.00. The van der Waals surface area contributed by atoms with E-state index in [0.29, 0.717) is 17.8 Å². The number of rotatable bonds is 8. The quantitative estimate of drug-likeness (QED) is 0.660. The van der Waals surface area contributed by atoms with Crippen molar-refractivity contribution >= 4 is 40.3 Å². The van der Waals surface area contributed by atoms with Crippen LogP contribution in [0.25, 0.3) is 0 Å². The SMILES string of the molecule is CCCCN(CC)C(=O)c1cccc(NC(=O)CC2SC(N3CCCCC3)=NC2=O)c1. The van der Waals surface area contributed by atoms with Crippen LogP contribution < -0.4 is 5.32 Å². The van der Waals surface area contributed by atoms with Gasteiger partial charge in [-0.05, 0) is 50.8 Å². The van der Waals surface area contributed by atoms with E-state index in [1.807, 2.05) is 11.8 Å². The summed E-state index contributed by atoms with van der Waals surface area (Å²) in [6.07, 6.45) is 5.50. The number of aliphatic imine (C=N–C) groups is 1. The Morgan fingerprint density at radius 3 is 2.71 bits per heavy atom. The average molecular weight is 445 g/mol. The second-order valence-corrected chi connectivity index (χ2v) is 9.13. The third-order valence-corrected chi connectivity index (χ3v) is 6.78. The molecule has 31 heavy (non-hydrogen) atoms. The number of unbranched alkanes of at least 4 members (excludes halogenated alkanes) is 1. The summed E-state index contributed by atoms with van der Waals surface area (Å²) in [4.78, 5) is 45.8. The lowest BCUT2D eigenvalue weighted by Gasteiger charge is -2.27. The topological polar surface area (TPSA) is 82.1 Å². The van der Waals surface area contributed by atoms with Crippen LogP contribution in [-0.4, -0.2) is 64.1 Å². The fraction of sp³-hybridized carbons (Fsp3) is 0.565. The summed E-state index contributed by atoms with van der Waals surface area (Å²) in [6.45, 7) is 7.29. The zero-order valence-corrected chi connectivity index (χ0v) is 19.2. The van der Waals surface area contributed by atoms with E-state index >= 15 is 0 Å². The lowest BCUT2D eigenvalue weighted by molar-refractivity contribution is -0.121. The molecule has 2 heterocycles. The summed E-state index contributed by atoms with van der Waals surface area (Å²) in [7, 11) is 0. The molecule has 0 spiro atoms. The van der Waals surface area contributed by atoms with Crippen LogP contribution in [-0.2, 0) is 9.59 Å². The van der Waals surface area contributed by atoms with Crippen LogP contribution in [0.5, 0.6) is 0 Å². The van der Waals surface area contributed by atoms with Crippen LogP contribution in [0.1, 0.15) is 62.7 Å². The first-order valence-corrected chi connectivity index (χ1v) is 12.1. The van der Waals surface area contributed by atoms with Crippen LogP contribution in [0, 0.1) is 0 Å². The normalized spacial score (nSPS) is 18.6. The summed E-state index contributed by atoms with van der Waals surface area (Å²) in [5, 5.41) is 3.11. The zero-order valence-electron chi connectivity index (χ0n) is 18.4. The van der Waals surface area contributed by atoms with Crippen molar-refractivity contribution in [2.45, 2.75) is 57.6 Å². The lowest BCUT2D eigenvalue weighted by Crippen LogP contribution is -2.33. The molecule has 8 heteroatoms. The van der Waals surface area contributed by atoms with E-state index < -0.39 is 5.25 Å². The standard InChI is InChI=1S/C23H32N4O3S/c1-3-5-12-26(4-2)22(30)17-10-9-11-18(15-17)24-20(28)16-19-21(29)25-23(31-19)27-13-7-6-8-14-27/h9-11,15,19H,3-8,12-14,16H2,1-2H3,(H,24,28). The van der Waals surface area contributed by atoms with Crippen LogP contribution in [0.15, 0.2) is 29.3 Å². The van der Waals surface area contributed by atoms with Crippen molar-refractivity contribution in [2.75, 3.05) is 31.5 Å². The van der Waals surface area contributed by atoms with Gasteiger partial charge >= 0.3 is 0 Å². The largest absolute Gasteiger partial charge is 0.351 e. The van der Waals surface area contributed by atoms with Crippen molar-refractivity contribution in [1.82, 2.24) is 9.80 Å². The van der Waals surface area contributed by atoms with Crippen molar-refractivity contribution < 1.29 is 14.4 Å². The lowest BCUT2D eigenvalue weighted by atomic mass is 10.1. The predicted octanol–water partition coefficient (Wildman–Crippen LogP) is 3.76. The Kier molecular flexibility index (Phi) is 8.51. The monoisotopic (exact) mass is 444 g/mol. The molecule has 1 atom stereocenters. The maximum atomic E-state index is 12.8. The highest BCUT2D eigenvalue weighted by Gasteiger charge is 2.33. The van der Waals surface area contributed by atoms with Gasteiger partial charge in [-0.2, -0.15) is 4.99 Å². The minimum Gasteiger partial charge on any atom is -0.351 e. The van der Waals surface area contributed by atoms with Crippen molar-refractivity contribution in [3.63, 3.8) is 0 Å². The number of carbonyl (C=O) groups is 3. The molecule has 2 aliphatic rings. The predicted molar refractivity (Wildman–Crippen MR) is 125 cm³/mol. The van der Waals surface area contributed by atoms with E-state index in [0.717, 1.165) is 50.5 Å². The Morgan fingerprint density at radius 2 is 2.00 bits per heavy atom. The number of amides is 3. The van der Waals surface area contributed by atoms with E-state index in [9.17, 15) is 14.4 Å². The molecule has 1 aromatic carbocycles. The van der Waals surface area contributed by atoms with Crippen LogP contribution in [0.4, 0.5) is 5.69 Å². The molecule has 1 saturated heterocycles. The van der Waals surface area contributed by atoms with Gasteiger partial charge in [-0.1, -0.05) is 31.2 Å². The van der Waals surface area contributed by atoms with Crippen molar-refractivity contribution in [2.24, 2.45) is 4.99 Å². The van der Waals surface area contributed by atoms with Gasteiger partial charge < -0.3 is 15.1 Å². The molecule has 1 N–H and O–H groups in total. The molecular weight excluding hydrogens is 412 g/mol. The number of nitrogens with one attached hydrogen (secondary N) is 1. The molecule has 168 valence electrons. The molecule has 0 bridgehead atoms. The van der Waals surface area contributed by atoms with Gasteiger partial charge in [0.2, 0.25) is 5.91 Å². The van der Waals surface area contributed by atoms with Crippen molar-refractivity contribution in [1.29, 1.82) is 0 Å². The fourth-order valence-electron chi connectivity index (χ4n) is 3.77. The highest BCUT2D eigenvalue weighted by molar-refractivity contribution is 8.15. The first kappa shape index (κ1) is 23.3. The van der Waals surface area contributed by atoms with Gasteiger partial charge in [0, 0.05) is 43.9 Å². The molecule has 0 aliphatic carbocycles. The molecule has 1 aromatic rings. The molecular formula is C23H32N4O3S. The molecule has 0 radical (unpaired) electrons. The van der Waals surface area contributed by atoms with Gasteiger partial charge in [0.25, 0.3) is 11.8 Å². The van der Waals surface area contributed by atoms with Crippen LogP contribution in [0.3, 0.4) is 0 Å². The van der Waals surface area contributed by atoms with E-state index in [1.165, 1.54) is 18.2 Å². The highest BCUT2D eigenvalue weighted by atomic mass is 32.2. The maximum Gasteiger partial charge on any atom is 0.262 e. The number of benzene rings is 1. The molecule has 7 nitrogen and oxygen atoms in total. The van der Waals surface area contributed by atoms with Gasteiger partial charge in [0.1, 0.15) is 5.25 Å². The molecule has 3 rings (SSSR count). The fourth-order valence-corrected chi connectivity index (χ4v) is 4.89. The molecule has 0 saturated carbocycles. The Balaban J connectivity index is 1.55. The van der Waals surface area contributed by atoms with Gasteiger partial charge in [0.15, 0.2) is 5.17 Å². The second kappa shape index (κ2) is 11.3. The Labute approximate surface area is 188 Å². The van der Waals surface area contributed by atoms with Gasteiger partial charge in [0.05, 0.1) is 0 Å². The smallest absolute Gasteiger partial charge is 0.262 e. The summed E-state index contributed by atoms with van der Waals surface area (Å²) in [5.74, 6) is -0.517. The summed E-state index contributed by atoms with van der Waals surface area (Å²) in [5.41, 5.74) is 1.12. The van der Waals surface area contributed by atoms with Gasteiger partial charge in [-0.25, -0.2) is 0 Å². The van der Waals surface area contributed by atoms with E-state index in [2.05, 4.69) is 22.1 Å². The third kappa shape index (κ3) is 6.32. The minimum atomic E-state index is -0.480. The van der Waals surface area contributed by atoms with Crippen molar-refractivity contribution in [3.05, 3.63) is 29.8 Å². The number of hydrogen-bond acceptors (Lipinski definition) is 5. The Bertz CT molecular complexity index is 836. The van der Waals surface area contributed by atoms with E-state index in [-0.39, 0.29) is 24.1 Å². The zero-order chi connectivity index (χ0) is 22.2. The highest BCUT2D eigenvalue weighted by Crippen LogP contribution is 2.29. The molecule has 3 amide bonds. The first-order chi connectivity index (χ1) is 15.0. The van der Waals surface area contributed by atoms with E-state index in [4.69, 9.17) is 0 Å². The van der Waals surface area contributed by atoms with Crippen molar-refractivity contribution in [3.8, 4) is 0 Å². The number of thioether (sulfide) groups is 1.